The Labute approximate surface area is 149 Å². The number of thiocarbonyl (C=S) groups is 1. The zero-order valence-corrected chi connectivity index (χ0v) is 15.6. The topological polar surface area (TPSA) is 41.9 Å². The Morgan fingerprint density at radius 2 is 2.00 bits per heavy atom. The van der Waals surface area contributed by atoms with Crippen LogP contribution in [0.25, 0.3) is 0 Å². The number of nitrogens with zero attached hydrogens (tertiary/aromatic N) is 1. The van der Waals surface area contributed by atoms with E-state index in [0.717, 1.165) is 26.4 Å². The maximum atomic E-state index is 10.2. The van der Waals surface area contributed by atoms with E-state index in [1.54, 1.807) is 6.07 Å². The fourth-order valence-electron chi connectivity index (χ4n) is 2.18. The highest BCUT2D eigenvalue weighted by Gasteiger charge is 2.17. The predicted octanol–water partition coefficient (Wildman–Crippen LogP) is 4.77. The Balaban J connectivity index is 2.27. The Hall–Kier alpha value is -1.63. The molecule has 0 fully saturated rings. The second kappa shape index (κ2) is 7.77. The standard InChI is InChI=1S/C17H18BrNO3S/c1-11-7-8-16(12(2)9-11)22-10-13-14(18)5-4-6-15(13)19(20)17(23)21-3/h4-9,20H,10H2,1-3H3. The van der Waals surface area contributed by atoms with E-state index < -0.39 is 0 Å². The predicted molar refractivity (Wildman–Crippen MR) is 98.3 cm³/mol. The van der Waals surface area contributed by atoms with E-state index in [2.05, 4.69) is 22.0 Å². The number of benzene rings is 2. The van der Waals surface area contributed by atoms with Crippen molar-refractivity contribution in [1.29, 1.82) is 0 Å². The van der Waals surface area contributed by atoms with Gasteiger partial charge in [-0.3, -0.25) is 5.21 Å². The molecule has 0 unspecified atom stereocenters. The van der Waals surface area contributed by atoms with Crippen LogP contribution in [0, 0.1) is 13.8 Å². The van der Waals surface area contributed by atoms with Gasteiger partial charge >= 0.3 is 0 Å². The number of rotatable bonds is 4. The third-order valence-corrected chi connectivity index (χ3v) is 4.45. The minimum absolute atomic E-state index is 0.0316. The average molecular weight is 396 g/mol. The molecule has 4 nitrogen and oxygen atoms in total. The Morgan fingerprint density at radius 3 is 2.65 bits per heavy atom. The molecule has 2 aromatic carbocycles. The molecule has 0 bridgehead atoms. The molecule has 0 aliphatic heterocycles. The molecule has 0 atom stereocenters. The van der Waals surface area contributed by atoms with Crippen LogP contribution < -0.4 is 9.80 Å². The maximum Gasteiger partial charge on any atom is 0.288 e. The third kappa shape index (κ3) is 4.22. The largest absolute Gasteiger partial charge is 0.489 e. The molecule has 23 heavy (non-hydrogen) atoms. The lowest BCUT2D eigenvalue weighted by Gasteiger charge is -2.21. The van der Waals surface area contributed by atoms with Crippen molar-refractivity contribution in [3.63, 3.8) is 0 Å². The summed E-state index contributed by atoms with van der Waals surface area (Å²) in [5, 5.41) is 11.0. The SMILES string of the molecule is COC(=S)N(O)c1cccc(Br)c1COc1ccc(C)cc1C. The van der Waals surface area contributed by atoms with Gasteiger partial charge < -0.3 is 9.47 Å². The molecule has 122 valence electrons. The van der Waals surface area contributed by atoms with Crippen molar-refractivity contribution >= 4 is 39.0 Å². The molecule has 6 heteroatoms. The van der Waals surface area contributed by atoms with E-state index in [1.165, 1.54) is 12.7 Å². The normalized spacial score (nSPS) is 10.3. The molecule has 1 N–H and O–H groups in total. The summed E-state index contributed by atoms with van der Waals surface area (Å²) in [6.45, 7) is 4.32. The van der Waals surface area contributed by atoms with Gasteiger partial charge in [0, 0.05) is 10.0 Å². The molecular formula is C17H18BrNO3S. The zero-order valence-electron chi connectivity index (χ0n) is 13.2. The van der Waals surface area contributed by atoms with Gasteiger partial charge in [-0.25, -0.2) is 0 Å². The summed E-state index contributed by atoms with van der Waals surface area (Å²) >= 11 is 8.46. The molecule has 0 spiro atoms. The smallest absolute Gasteiger partial charge is 0.288 e. The second-order valence-electron chi connectivity index (χ2n) is 5.08. The second-order valence-corrected chi connectivity index (χ2v) is 6.28. The summed E-state index contributed by atoms with van der Waals surface area (Å²) in [5.41, 5.74) is 3.53. The van der Waals surface area contributed by atoms with Crippen LogP contribution in [0.2, 0.25) is 0 Å². The minimum atomic E-state index is -0.0316. The van der Waals surface area contributed by atoms with Gasteiger partial charge in [0.25, 0.3) is 5.17 Å². The van der Waals surface area contributed by atoms with E-state index in [9.17, 15) is 5.21 Å². The highest BCUT2D eigenvalue weighted by Crippen LogP contribution is 2.30. The molecule has 0 aliphatic carbocycles. The van der Waals surface area contributed by atoms with Crippen molar-refractivity contribution in [1.82, 2.24) is 0 Å². The fourth-order valence-corrected chi connectivity index (χ4v) is 2.75. The lowest BCUT2D eigenvalue weighted by molar-refractivity contribution is 0.264. The van der Waals surface area contributed by atoms with Gasteiger partial charge in [0.1, 0.15) is 12.4 Å². The van der Waals surface area contributed by atoms with Crippen molar-refractivity contribution in [2.45, 2.75) is 20.5 Å². The monoisotopic (exact) mass is 395 g/mol. The fraction of sp³-hybridized carbons (Fsp3) is 0.235. The zero-order chi connectivity index (χ0) is 17.0. The maximum absolute atomic E-state index is 10.2. The average Bonchev–Trinajstić information content (AvgIpc) is 2.53. The molecule has 0 radical (unpaired) electrons. The molecule has 0 aliphatic rings. The van der Waals surface area contributed by atoms with Crippen LogP contribution in [-0.2, 0) is 11.3 Å². The van der Waals surface area contributed by atoms with Crippen molar-refractivity contribution in [2.24, 2.45) is 0 Å². The number of hydrogen-bond acceptors (Lipinski definition) is 4. The lowest BCUT2D eigenvalue weighted by Crippen LogP contribution is -2.27. The van der Waals surface area contributed by atoms with Gasteiger partial charge in [-0.1, -0.05) is 39.7 Å². The molecule has 2 aromatic rings. The van der Waals surface area contributed by atoms with Crippen LogP contribution in [0.1, 0.15) is 16.7 Å². The number of anilines is 1. The first-order valence-corrected chi connectivity index (χ1v) is 8.18. The number of hydroxylamine groups is 1. The van der Waals surface area contributed by atoms with Crippen LogP contribution in [0.4, 0.5) is 5.69 Å². The van der Waals surface area contributed by atoms with Gasteiger partial charge in [-0.15, -0.1) is 0 Å². The van der Waals surface area contributed by atoms with Gasteiger partial charge in [-0.2, -0.15) is 5.06 Å². The minimum Gasteiger partial charge on any atom is -0.489 e. The van der Waals surface area contributed by atoms with Crippen molar-refractivity contribution in [2.75, 3.05) is 12.2 Å². The van der Waals surface area contributed by atoms with E-state index >= 15 is 0 Å². The number of hydrogen-bond donors (Lipinski definition) is 1. The van der Waals surface area contributed by atoms with Gasteiger partial charge in [0.2, 0.25) is 0 Å². The van der Waals surface area contributed by atoms with Crippen molar-refractivity contribution < 1.29 is 14.7 Å². The summed E-state index contributed by atoms with van der Waals surface area (Å²) in [6.07, 6.45) is 0. The molecule has 0 aromatic heterocycles. The van der Waals surface area contributed by atoms with Gasteiger partial charge in [0.15, 0.2) is 0 Å². The van der Waals surface area contributed by atoms with Crippen LogP contribution in [0.3, 0.4) is 0 Å². The van der Waals surface area contributed by atoms with Crippen molar-refractivity contribution in [3.8, 4) is 5.75 Å². The van der Waals surface area contributed by atoms with Gasteiger partial charge in [-0.05, 0) is 49.8 Å². The first kappa shape index (κ1) is 17.7. The lowest BCUT2D eigenvalue weighted by atomic mass is 10.1. The van der Waals surface area contributed by atoms with E-state index in [4.69, 9.17) is 21.7 Å². The van der Waals surface area contributed by atoms with Crippen LogP contribution in [-0.4, -0.2) is 17.5 Å². The van der Waals surface area contributed by atoms with Crippen LogP contribution in [0.5, 0.6) is 5.75 Å². The Kier molecular flexibility index (Phi) is 5.98. The summed E-state index contributed by atoms with van der Waals surface area (Å²) in [7, 11) is 1.41. The molecule has 0 heterocycles. The number of methoxy groups -OCH3 is 1. The summed E-state index contributed by atoms with van der Waals surface area (Å²) in [5.74, 6) is 0.802. The molecular weight excluding hydrogens is 378 g/mol. The molecule has 0 amide bonds. The van der Waals surface area contributed by atoms with Gasteiger partial charge in [0.05, 0.1) is 12.8 Å². The van der Waals surface area contributed by atoms with E-state index in [1.807, 2.05) is 38.1 Å². The number of aryl methyl sites for hydroxylation is 2. The quantitative estimate of drug-likeness (QED) is 0.596. The Morgan fingerprint density at radius 1 is 1.26 bits per heavy atom. The first-order chi connectivity index (χ1) is 10.9. The highest BCUT2D eigenvalue weighted by molar-refractivity contribution is 9.10. The summed E-state index contributed by atoms with van der Waals surface area (Å²) < 4.78 is 11.6. The molecule has 0 saturated heterocycles. The highest BCUT2D eigenvalue weighted by atomic mass is 79.9. The molecule has 0 saturated carbocycles. The van der Waals surface area contributed by atoms with Crippen molar-refractivity contribution in [3.05, 3.63) is 57.6 Å². The number of ether oxygens (including phenoxy) is 2. The van der Waals surface area contributed by atoms with Crippen LogP contribution in [0.15, 0.2) is 40.9 Å². The first-order valence-electron chi connectivity index (χ1n) is 6.98. The summed E-state index contributed by atoms with van der Waals surface area (Å²) in [6, 6.07) is 11.4. The van der Waals surface area contributed by atoms with E-state index in [-0.39, 0.29) is 11.8 Å². The number of halogens is 1. The third-order valence-electron chi connectivity index (χ3n) is 3.37. The summed E-state index contributed by atoms with van der Waals surface area (Å²) in [4.78, 5) is 0. The van der Waals surface area contributed by atoms with E-state index in [0.29, 0.717) is 5.69 Å². The Bertz CT molecular complexity index is 721. The van der Waals surface area contributed by atoms with Crippen LogP contribution >= 0.6 is 28.1 Å². The molecule has 2 rings (SSSR count).